The predicted molar refractivity (Wildman–Crippen MR) is 76.6 cm³/mol. The van der Waals surface area contributed by atoms with E-state index in [0.29, 0.717) is 0 Å². The molecule has 3 rings (SSSR count). The molecule has 2 aromatic heterocycles. The molecule has 0 aliphatic heterocycles. The third-order valence-electron chi connectivity index (χ3n) is 3.35. The summed E-state index contributed by atoms with van der Waals surface area (Å²) in [4.78, 5) is 11.9. The van der Waals surface area contributed by atoms with Crippen molar-refractivity contribution in [1.82, 2.24) is 4.40 Å². The third-order valence-corrected chi connectivity index (χ3v) is 3.35. The summed E-state index contributed by atoms with van der Waals surface area (Å²) in [7, 11) is 0. The lowest BCUT2D eigenvalue weighted by Crippen LogP contribution is -1.97. The molecule has 94 valence electrons. The van der Waals surface area contributed by atoms with E-state index in [1.165, 1.54) is 5.56 Å². The average molecular weight is 249 g/mol. The van der Waals surface area contributed by atoms with E-state index < -0.39 is 0 Å². The number of ketones is 1. The minimum atomic E-state index is 0.125. The Labute approximate surface area is 112 Å². The number of Topliss-reactive ketones (excluding diaryl/α,β-unsaturated/α-hetero) is 1. The Hall–Kier alpha value is -2.35. The van der Waals surface area contributed by atoms with Crippen molar-refractivity contribution < 1.29 is 4.79 Å². The molecule has 0 saturated heterocycles. The second-order valence-corrected chi connectivity index (χ2v) is 4.74. The molecular weight excluding hydrogens is 234 g/mol. The number of hydrogen-bond donors (Lipinski definition) is 0. The largest absolute Gasteiger partial charge is 0.323 e. The van der Waals surface area contributed by atoms with Gasteiger partial charge in [0, 0.05) is 18.0 Å². The summed E-state index contributed by atoms with van der Waals surface area (Å²) in [6, 6.07) is 16.2. The third kappa shape index (κ3) is 2.17. The lowest BCUT2D eigenvalue weighted by molar-refractivity contribution is 0.101. The Balaban J connectivity index is 2.13. The highest BCUT2D eigenvalue weighted by Crippen LogP contribution is 2.22. The number of carbonyl (C=O) groups excluding carboxylic acids is 1. The van der Waals surface area contributed by atoms with Crippen molar-refractivity contribution in [2.24, 2.45) is 0 Å². The first-order valence-electron chi connectivity index (χ1n) is 6.39. The summed E-state index contributed by atoms with van der Waals surface area (Å²) in [6.45, 7) is 1.64. The van der Waals surface area contributed by atoms with E-state index in [1.54, 1.807) is 6.92 Å². The molecule has 0 amide bonds. The van der Waals surface area contributed by atoms with Gasteiger partial charge < -0.3 is 4.40 Å². The van der Waals surface area contributed by atoms with Crippen molar-refractivity contribution in [2.45, 2.75) is 13.3 Å². The van der Waals surface area contributed by atoms with E-state index >= 15 is 0 Å². The number of benzene rings is 1. The van der Waals surface area contributed by atoms with Gasteiger partial charge in [0.05, 0.1) is 5.52 Å². The smallest absolute Gasteiger partial charge is 0.162 e. The molecule has 0 fully saturated rings. The summed E-state index contributed by atoms with van der Waals surface area (Å²) in [5.41, 5.74) is 4.14. The van der Waals surface area contributed by atoms with Gasteiger partial charge in [-0.1, -0.05) is 36.4 Å². The molecule has 0 aliphatic rings. The molecule has 2 heteroatoms. The molecule has 19 heavy (non-hydrogen) atoms. The van der Waals surface area contributed by atoms with Crippen LogP contribution in [0.5, 0.6) is 0 Å². The van der Waals surface area contributed by atoms with Crippen molar-refractivity contribution in [1.29, 1.82) is 0 Å². The molecule has 2 nitrogen and oxygen atoms in total. The summed E-state index contributed by atoms with van der Waals surface area (Å²) < 4.78 is 2.02. The summed E-state index contributed by atoms with van der Waals surface area (Å²) in [5, 5.41) is 0. The van der Waals surface area contributed by atoms with Crippen LogP contribution in [0.2, 0.25) is 0 Å². The monoisotopic (exact) mass is 249 g/mol. The van der Waals surface area contributed by atoms with Crippen LogP contribution < -0.4 is 0 Å². The van der Waals surface area contributed by atoms with Crippen molar-refractivity contribution in [2.75, 3.05) is 0 Å². The van der Waals surface area contributed by atoms with E-state index in [9.17, 15) is 4.79 Å². The lowest BCUT2D eigenvalue weighted by atomic mass is 10.0. The Kier molecular flexibility index (Phi) is 2.92. The molecule has 0 N–H and O–H groups in total. The summed E-state index contributed by atoms with van der Waals surface area (Å²) in [6.07, 6.45) is 4.83. The van der Waals surface area contributed by atoms with Crippen LogP contribution in [0.1, 0.15) is 28.4 Å². The molecule has 2 heterocycles. The van der Waals surface area contributed by atoms with E-state index in [4.69, 9.17) is 0 Å². The van der Waals surface area contributed by atoms with Gasteiger partial charge in [-0.15, -0.1) is 0 Å². The van der Waals surface area contributed by atoms with E-state index in [0.717, 1.165) is 23.1 Å². The quantitative estimate of drug-likeness (QED) is 0.648. The molecule has 0 atom stereocenters. The highest BCUT2D eigenvalue weighted by atomic mass is 16.1. The van der Waals surface area contributed by atoms with Crippen LogP contribution in [-0.4, -0.2) is 10.2 Å². The molecule has 3 aromatic rings. The fourth-order valence-electron chi connectivity index (χ4n) is 2.53. The van der Waals surface area contributed by atoms with Crippen LogP contribution in [0.4, 0.5) is 0 Å². The van der Waals surface area contributed by atoms with Gasteiger partial charge in [-0.05, 0) is 36.6 Å². The van der Waals surface area contributed by atoms with Crippen molar-refractivity contribution >= 4 is 11.3 Å². The Morgan fingerprint density at radius 2 is 1.79 bits per heavy atom. The number of hydrogen-bond acceptors (Lipinski definition) is 1. The van der Waals surface area contributed by atoms with Gasteiger partial charge >= 0.3 is 0 Å². The second kappa shape index (κ2) is 4.73. The molecule has 0 spiro atoms. The van der Waals surface area contributed by atoms with Gasteiger partial charge in [0.2, 0.25) is 0 Å². The number of aromatic nitrogens is 1. The SMILES string of the molecule is CC(=O)c1c(Cc2ccccc2)cn2ccccc12. The second-order valence-electron chi connectivity index (χ2n) is 4.74. The van der Waals surface area contributed by atoms with Gasteiger partial charge in [-0.25, -0.2) is 0 Å². The van der Waals surface area contributed by atoms with Crippen molar-refractivity contribution in [3.8, 4) is 0 Å². The summed E-state index contributed by atoms with van der Waals surface area (Å²) in [5.74, 6) is 0.125. The number of rotatable bonds is 3. The van der Waals surface area contributed by atoms with Crippen LogP contribution >= 0.6 is 0 Å². The Morgan fingerprint density at radius 3 is 2.53 bits per heavy atom. The number of nitrogens with zero attached hydrogens (tertiary/aromatic N) is 1. The molecule has 1 aromatic carbocycles. The van der Waals surface area contributed by atoms with Crippen LogP contribution in [0, 0.1) is 0 Å². The number of carbonyl (C=O) groups is 1. The summed E-state index contributed by atoms with van der Waals surface area (Å²) >= 11 is 0. The molecule has 0 saturated carbocycles. The molecule has 0 unspecified atom stereocenters. The minimum Gasteiger partial charge on any atom is -0.323 e. The first-order chi connectivity index (χ1) is 9.25. The maximum Gasteiger partial charge on any atom is 0.162 e. The van der Waals surface area contributed by atoms with Gasteiger partial charge in [-0.3, -0.25) is 4.79 Å². The standard InChI is InChI=1S/C17H15NO/c1-13(19)17-15(11-14-7-3-2-4-8-14)12-18-10-6-5-9-16(17)18/h2-10,12H,11H2,1H3. The van der Waals surface area contributed by atoms with Gasteiger partial charge in [0.15, 0.2) is 5.78 Å². The highest BCUT2D eigenvalue weighted by Gasteiger charge is 2.14. The Morgan fingerprint density at radius 1 is 1.05 bits per heavy atom. The van der Waals surface area contributed by atoms with Crippen LogP contribution in [-0.2, 0) is 6.42 Å². The molecule has 0 bridgehead atoms. The first-order valence-corrected chi connectivity index (χ1v) is 6.39. The molecular formula is C17H15NO. The van der Waals surface area contributed by atoms with Crippen LogP contribution in [0.25, 0.3) is 5.52 Å². The average Bonchev–Trinajstić information content (AvgIpc) is 2.77. The fourth-order valence-corrected chi connectivity index (χ4v) is 2.53. The maximum absolute atomic E-state index is 11.9. The van der Waals surface area contributed by atoms with Gasteiger partial charge in [-0.2, -0.15) is 0 Å². The van der Waals surface area contributed by atoms with Gasteiger partial charge in [0.1, 0.15) is 0 Å². The van der Waals surface area contributed by atoms with Crippen LogP contribution in [0.3, 0.4) is 0 Å². The van der Waals surface area contributed by atoms with Gasteiger partial charge in [0.25, 0.3) is 0 Å². The van der Waals surface area contributed by atoms with E-state index in [2.05, 4.69) is 18.3 Å². The van der Waals surface area contributed by atoms with E-state index in [-0.39, 0.29) is 5.78 Å². The zero-order valence-electron chi connectivity index (χ0n) is 10.8. The fraction of sp³-hybridized carbons (Fsp3) is 0.118. The predicted octanol–water partition coefficient (Wildman–Crippen LogP) is 3.73. The Bertz CT molecular complexity index is 725. The zero-order chi connectivity index (χ0) is 13.2. The van der Waals surface area contributed by atoms with E-state index in [1.807, 2.05) is 47.0 Å². The topological polar surface area (TPSA) is 21.5 Å². The normalized spacial score (nSPS) is 10.8. The lowest BCUT2D eigenvalue weighted by Gasteiger charge is -2.01. The molecule has 0 radical (unpaired) electrons. The zero-order valence-corrected chi connectivity index (χ0v) is 10.8. The molecule has 0 aliphatic carbocycles. The first kappa shape index (κ1) is 11.7. The minimum absolute atomic E-state index is 0.125. The van der Waals surface area contributed by atoms with Crippen molar-refractivity contribution in [3.63, 3.8) is 0 Å². The van der Waals surface area contributed by atoms with Crippen molar-refractivity contribution in [3.05, 3.63) is 77.6 Å². The number of fused-ring (bicyclic) bond motifs is 1. The number of pyridine rings is 1. The highest BCUT2D eigenvalue weighted by molar-refractivity contribution is 6.02. The maximum atomic E-state index is 11.9. The van der Waals surface area contributed by atoms with Crippen LogP contribution in [0.15, 0.2) is 60.9 Å².